The number of amides is 2. The fraction of sp³-hybridized carbons (Fsp3) is 0.289. The Labute approximate surface area is 311 Å². The number of rotatable bonds is 15. The molecule has 1 heterocycles. The summed E-state index contributed by atoms with van der Waals surface area (Å²) in [5.41, 5.74) is 8.29. The molecule has 8 nitrogen and oxygen atoms in total. The summed E-state index contributed by atoms with van der Waals surface area (Å²) >= 11 is 0. The maximum atomic E-state index is 12.0. The number of aryl methyl sites for hydroxylation is 1. The van der Waals surface area contributed by atoms with Gasteiger partial charge in [-0.15, -0.1) is 0 Å². The largest absolute Gasteiger partial charge is 0.508 e. The highest BCUT2D eigenvalue weighted by Gasteiger charge is 2.32. The van der Waals surface area contributed by atoms with Crippen LogP contribution in [-0.4, -0.2) is 36.1 Å². The summed E-state index contributed by atoms with van der Waals surface area (Å²) in [6.45, 7) is 2.86. The predicted molar refractivity (Wildman–Crippen MR) is 207 cm³/mol. The molecule has 3 atom stereocenters. The van der Waals surface area contributed by atoms with E-state index in [0.29, 0.717) is 37.7 Å². The van der Waals surface area contributed by atoms with Gasteiger partial charge in [-0.05, 0) is 126 Å². The molecule has 8 heteroatoms. The van der Waals surface area contributed by atoms with Crippen molar-refractivity contribution in [2.24, 2.45) is 0 Å². The fourth-order valence-corrected chi connectivity index (χ4v) is 7.42. The topological polar surface area (TPSA) is 109 Å². The van der Waals surface area contributed by atoms with E-state index in [2.05, 4.69) is 101 Å². The van der Waals surface area contributed by atoms with Crippen molar-refractivity contribution in [3.8, 4) is 17.2 Å². The monoisotopic (exact) mass is 709 g/mol. The van der Waals surface area contributed by atoms with E-state index in [1.165, 1.54) is 27.8 Å². The third-order valence-corrected chi connectivity index (χ3v) is 10.3. The number of phenolic OH excluding ortho intramolecular Hbond substituents is 1. The molecule has 1 aliphatic carbocycles. The highest BCUT2D eigenvalue weighted by molar-refractivity contribution is 6.01. The number of imide groups is 1. The number of carbonyl (C=O) groups is 2. The van der Waals surface area contributed by atoms with Crippen LogP contribution in [0.15, 0.2) is 121 Å². The van der Waals surface area contributed by atoms with Crippen molar-refractivity contribution in [2.45, 2.75) is 69.6 Å². The van der Waals surface area contributed by atoms with Crippen molar-refractivity contribution in [2.75, 3.05) is 18.5 Å². The first-order chi connectivity index (χ1) is 26.0. The maximum absolute atomic E-state index is 12.0. The second kappa shape index (κ2) is 17.3. The normalized spacial score (nSPS) is 18.2. The fourth-order valence-electron chi connectivity index (χ4n) is 7.42. The first kappa shape index (κ1) is 35.8. The van der Waals surface area contributed by atoms with E-state index in [-0.39, 0.29) is 17.7 Å². The zero-order valence-electron chi connectivity index (χ0n) is 29.9. The van der Waals surface area contributed by atoms with E-state index in [9.17, 15) is 14.7 Å². The number of anilines is 1. The molecule has 1 aliphatic heterocycles. The summed E-state index contributed by atoms with van der Waals surface area (Å²) in [4.78, 5) is 23.4. The number of nitrogens with one attached hydrogen (secondary N) is 3. The molecular weight excluding hydrogens is 663 g/mol. The van der Waals surface area contributed by atoms with Crippen LogP contribution < -0.4 is 25.4 Å². The summed E-state index contributed by atoms with van der Waals surface area (Å²) in [6, 6.07) is 40.8. The third-order valence-electron chi connectivity index (χ3n) is 10.3. The van der Waals surface area contributed by atoms with E-state index in [0.717, 1.165) is 61.5 Å². The average molecular weight is 710 g/mol. The third kappa shape index (κ3) is 9.45. The Morgan fingerprint density at radius 2 is 1.45 bits per heavy atom. The van der Waals surface area contributed by atoms with E-state index in [1.54, 1.807) is 0 Å². The van der Waals surface area contributed by atoms with E-state index in [4.69, 9.17) is 9.47 Å². The molecule has 5 aromatic rings. The zero-order chi connectivity index (χ0) is 36.4. The van der Waals surface area contributed by atoms with Crippen LogP contribution in [0, 0.1) is 0 Å². The number of piperidine rings is 1. The van der Waals surface area contributed by atoms with Gasteiger partial charge in [0.15, 0.2) is 0 Å². The van der Waals surface area contributed by atoms with E-state index in [1.807, 2.05) is 36.4 Å². The Bertz CT molecular complexity index is 1960. The van der Waals surface area contributed by atoms with Crippen LogP contribution in [0.1, 0.15) is 77.3 Å². The predicted octanol–water partition coefficient (Wildman–Crippen LogP) is 8.00. The SMILES string of the molecule is O=C1CCC(Nc2ccc(OCc3ccc(CNCCCCOc4ccc([C@H]5c6ccc(O)cc6CC[C@H]5c5ccccc5)cc4)cc3)cc2)C(=O)N1. The van der Waals surface area contributed by atoms with Crippen LogP contribution in [0.2, 0.25) is 0 Å². The van der Waals surface area contributed by atoms with Gasteiger partial charge in [0.05, 0.1) is 6.61 Å². The first-order valence-electron chi connectivity index (χ1n) is 18.7. The lowest BCUT2D eigenvalue weighted by Gasteiger charge is -2.34. The lowest BCUT2D eigenvalue weighted by atomic mass is 9.69. The molecule has 1 saturated heterocycles. The summed E-state index contributed by atoms with van der Waals surface area (Å²) in [6.07, 6.45) is 4.83. The molecule has 0 saturated carbocycles. The number of ether oxygens (including phenoxy) is 2. The van der Waals surface area contributed by atoms with E-state index < -0.39 is 6.04 Å². The molecule has 2 aliphatic rings. The highest BCUT2D eigenvalue weighted by Crippen LogP contribution is 2.47. The van der Waals surface area contributed by atoms with Gasteiger partial charge in [-0.1, -0.05) is 72.8 Å². The maximum Gasteiger partial charge on any atom is 0.249 e. The molecule has 0 aromatic heterocycles. The average Bonchev–Trinajstić information content (AvgIpc) is 3.19. The van der Waals surface area contributed by atoms with Crippen LogP contribution in [0.4, 0.5) is 5.69 Å². The number of unbranched alkanes of at least 4 members (excludes halogenated alkanes) is 1. The molecule has 1 unspecified atom stereocenters. The Morgan fingerprint density at radius 3 is 2.23 bits per heavy atom. The second-order valence-electron chi connectivity index (χ2n) is 14.0. The number of phenols is 1. The van der Waals surface area contributed by atoms with Crippen LogP contribution in [0.5, 0.6) is 17.2 Å². The van der Waals surface area contributed by atoms with Gasteiger partial charge in [-0.3, -0.25) is 14.9 Å². The van der Waals surface area contributed by atoms with Crippen molar-refractivity contribution >= 4 is 17.5 Å². The van der Waals surface area contributed by atoms with Crippen molar-refractivity contribution in [1.82, 2.24) is 10.6 Å². The van der Waals surface area contributed by atoms with Gasteiger partial charge >= 0.3 is 0 Å². The van der Waals surface area contributed by atoms with E-state index >= 15 is 0 Å². The lowest BCUT2D eigenvalue weighted by Crippen LogP contribution is -2.47. The minimum atomic E-state index is -0.407. The number of aromatic hydroxyl groups is 1. The zero-order valence-corrected chi connectivity index (χ0v) is 29.9. The number of carbonyl (C=O) groups excluding carboxylic acids is 2. The molecule has 7 rings (SSSR count). The summed E-state index contributed by atoms with van der Waals surface area (Å²) in [5.74, 6) is 2.08. The molecule has 4 N–H and O–H groups in total. The van der Waals surface area contributed by atoms with Crippen molar-refractivity contribution < 1.29 is 24.2 Å². The van der Waals surface area contributed by atoms with Crippen LogP contribution >= 0.6 is 0 Å². The summed E-state index contributed by atoms with van der Waals surface area (Å²) < 4.78 is 12.1. The number of fused-ring (bicyclic) bond motifs is 1. The standard InChI is InChI=1S/C45H47N3O5/c49-37-17-23-41-35(28-37)14-22-40(33-6-2-1-3-7-33)44(41)34-12-18-38(19-13-34)52-27-5-4-26-46-29-31-8-10-32(11-9-31)30-53-39-20-15-36(16-21-39)47-42-24-25-43(50)48-45(42)51/h1-3,6-13,15-21,23,28,40,42,44,46-47,49H,4-5,14,22,24-27,29-30H2,(H,48,50,51)/t40-,42?,44+/m0/s1. The van der Waals surface area contributed by atoms with Gasteiger partial charge < -0.3 is 25.2 Å². The van der Waals surface area contributed by atoms with Crippen LogP contribution in [0.25, 0.3) is 0 Å². The quantitative estimate of drug-likeness (QED) is 0.0645. The number of hydrogen-bond acceptors (Lipinski definition) is 7. The van der Waals surface area contributed by atoms with Gasteiger partial charge in [-0.2, -0.15) is 0 Å². The van der Waals surface area contributed by atoms with Crippen molar-refractivity contribution in [3.05, 3.63) is 155 Å². The smallest absolute Gasteiger partial charge is 0.249 e. The molecule has 272 valence electrons. The molecule has 0 spiro atoms. The number of hydrogen-bond donors (Lipinski definition) is 4. The molecule has 2 amide bonds. The molecular formula is C45H47N3O5. The Kier molecular flexibility index (Phi) is 11.7. The first-order valence-corrected chi connectivity index (χ1v) is 18.7. The molecule has 1 fully saturated rings. The highest BCUT2D eigenvalue weighted by atomic mass is 16.5. The van der Waals surface area contributed by atoms with Gasteiger partial charge in [0.1, 0.15) is 29.9 Å². The second-order valence-corrected chi connectivity index (χ2v) is 14.0. The van der Waals surface area contributed by atoms with Crippen LogP contribution in [-0.2, 0) is 29.2 Å². The molecule has 0 bridgehead atoms. The molecule has 0 radical (unpaired) electrons. The minimum absolute atomic E-state index is 0.221. The van der Waals surface area contributed by atoms with Gasteiger partial charge in [-0.25, -0.2) is 0 Å². The summed E-state index contributed by atoms with van der Waals surface area (Å²) in [7, 11) is 0. The van der Waals surface area contributed by atoms with Crippen LogP contribution in [0.3, 0.4) is 0 Å². The Hall–Kier alpha value is -5.60. The Morgan fingerprint density at radius 1 is 0.717 bits per heavy atom. The minimum Gasteiger partial charge on any atom is -0.508 e. The molecule has 53 heavy (non-hydrogen) atoms. The van der Waals surface area contributed by atoms with Crippen molar-refractivity contribution in [3.63, 3.8) is 0 Å². The van der Waals surface area contributed by atoms with Crippen molar-refractivity contribution in [1.29, 1.82) is 0 Å². The lowest BCUT2D eigenvalue weighted by molar-refractivity contribution is -0.133. The van der Waals surface area contributed by atoms with Gasteiger partial charge in [0.2, 0.25) is 11.8 Å². The number of benzene rings is 5. The summed E-state index contributed by atoms with van der Waals surface area (Å²) in [5, 5.41) is 19.2. The van der Waals surface area contributed by atoms with Gasteiger partial charge in [0.25, 0.3) is 0 Å². The Balaban J connectivity index is 0.804. The van der Waals surface area contributed by atoms with Gasteiger partial charge in [0, 0.05) is 24.6 Å². The molecule has 5 aromatic carbocycles.